The number of nitrogens with zero attached hydrogens (tertiary/aromatic N) is 1. The molecule has 0 radical (unpaired) electrons. The molecular formula is C18H19N3O. The first kappa shape index (κ1) is 14.3. The summed E-state index contributed by atoms with van der Waals surface area (Å²) >= 11 is 0. The Balaban J connectivity index is 2.15. The number of H-pyrrole nitrogens is 2. The highest BCUT2D eigenvalue weighted by Gasteiger charge is 2.15. The van der Waals surface area contributed by atoms with Crippen LogP contribution >= 0.6 is 0 Å². The van der Waals surface area contributed by atoms with Crippen LogP contribution in [0.2, 0.25) is 0 Å². The average Bonchev–Trinajstić information content (AvgIpc) is 2.80. The third kappa shape index (κ3) is 2.48. The molecule has 4 heteroatoms. The van der Waals surface area contributed by atoms with E-state index < -0.39 is 0 Å². The van der Waals surface area contributed by atoms with E-state index in [2.05, 4.69) is 34.2 Å². The molecule has 0 bridgehead atoms. The molecule has 0 saturated heterocycles. The van der Waals surface area contributed by atoms with Gasteiger partial charge in [0.15, 0.2) is 0 Å². The van der Waals surface area contributed by atoms with Gasteiger partial charge in [-0.05, 0) is 55.5 Å². The van der Waals surface area contributed by atoms with Crippen LogP contribution < -0.4 is 5.56 Å². The van der Waals surface area contributed by atoms with Crippen molar-refractivity contribution in [3.05, 3.63) is 58.3 Å². The third-order valence-corrected chi connectivity index (χ3v) is 3.85. The van der Waals surface area contributed by atoms with Gasteiger partial charge >= 0.3 is 0 Å². The van der Waals surface area contributed by atoms with Crippen molar-refractivity contribution < 1.29 is 0 Å². The number of aromatic nitrogens is 3. The Hall–Kier alpha value is -2.62. The van der Waals surface area contributed by atoms with Gasteiger partial charge in [-0.15, -0.1) is 0 Å². The fourth-order valence-electron chi connectivity index (χ4n) is 2.72. The fourth-order valence-corrected chi connectivity index (χ4v) is 2.72. The molecule has 2 heterocycles. The second-order valence-electron chi connectivity index (χ2n) is 5.58. The van der Waals surface area contributed by atoms with Crippen molar-refractivity contribution in [2.24, 2.45) is 0 Å². The molecule has 0 atom stereocenters. The molecule has 0 aliphatic heterocycles. The fraction of sp³-hybridized carbons (Fsp3) is 0.222. The summed E-state index contributed by atoms with van der Waals surface area (Å²) in [6.45, 7) is 9.59. The van der Waals surface area contributed by atoms with Gasteiger partial charge in [-0.3, -0.25) is 4.79 Å². The smallest absolute Gasteiger partial charge is 0.259 e. The molecule has 0 saturated carbocycles. The van der Waals surface area contributed by atoms with Crippen molar-refractivity contribution in [2.75, 3.05) is 0 Å². The number of pyridine rings is 1. The van der Waals surface area contributed by atoms with Crippen molar-refractivity contribution in [2.45, 2.75) is 26.2 Å². The molecule has 1 aliphatic rings. The number of hydrogen-bond acceptors (Lipinski definition) is 2. The number of fused-ring (bicyclic) bond motifs is 1. The van der Waals surface area contributed by atoms with Crippen LogP contribution in [0.5, 0.6) is 0 Å². The molecule has 112 valence electrons. The molecule has 3 rings (SSSR count). The molecule has 4 nitrogen and oxygen atoms in total. The summed E-state index contributed by atoms with van der Waals surface area (Å²) in [4.78, 5) is 23.0. The highest BCUT2D eigenvalue weighted by Crippen LogP contribution is 2.23. The first-order chi connectivity index (χ1) is 10.6. The minimum atomic E-state index is -0.136. The van der Waals surface area contributed by atoms with Crippen molar-refractivity contribution in [1.29, 1.82) is 0 Å². The minimum absolute atomic E-state index is 0.136. The molecular weight excluding hydrogens is 274 g/mol. The van der Waals surface area contributed by atoms with Gasteiger partial charge in [0.05, 0.1) is 17.0 Å². The number of nitrogens with one attached hydrogen (secondary N) is 2. The van der Waals surface area contributed by atoms with Crippen LogP contribution in [0.15, 0.2) is 30.1 Å². The number of allylic oxidation sites excluding steroid dienone is 2. The lowest BCUT2D eigenvalue weighted by Gasteiger charge is -2.05. The molecule has 22 heavy (non-hydrogen) atoms. The van der Waals surface area contributed by atoms with Gasteiger partial charge in [-0.25, -0.2) is 4.98 Å². The number of aryl methyl sites for hydroxylation is 1. The molecule has 0 aromatic carbocycles. The SMILES string of the molecule is C=Cc1[nH]c(-c2cc3c([nH]c2=O)C=CCCC3)nc1C(=C)C. The van der Waals surface area contributed by atoms with Crippen molar-refractivity contribution >= 4 is 17.7 Å². The van der Waals surface area contributed by atoms with Gasteiger partial charge in [0.25, 0.3) is 5.56 Å². The predicted molar refractivity (Wildman–Crippen MR) is 91.4 cm³/mol. The van der Waals surface area contributed by atoms with Gasteiger partial charge in [0.1, 0.15) is 5.82 Å². The molecule has 0 spiro atoms. The Bertz CT molecular complexity index is 837. The number of rotatable bonds is 3. The van der Waals surface area contributed by atoms with Gasteiger partial charge in [-0.2, -0.15) is 0 Å². The van der Waals surface area contributed by atoms with Crippen LogP contribution in [0, 0.1) is 0 Å². The first-order valence-electron chi connectivity index (χ1n) is 7.41. The van der Waals surface area contributed by atoms with Crippen LogP contribution in [-0.4, -0.2) is 15.0 Å². The van der Waals surface area contributed by atoms with E-state index in [-0.39, 0.29) is 5.56 Å². The third-order valence-electron chi connectivity index (χ3n) is 3.85. The van der Waals surface area contributed by atoms with Crippen LogP contribution in [0.3, 0.4) is 0 Å². The van der Waals surface area contributed by atoms with E-state index in [1.165, 1.54) is 0 Å². The Kier molecular flexibility index (Phi) is 3.67. The van der Waals surface area contributed by atoms with Crippen LogP contribution in [0.1, 0.15) is 42.4 Å². The van der Waals surface area contributed by atoms with Gasteiger partial charge in [-0.1, -0.05) is 19.2 Å². The first-order valence-corrected chi connectivity index (χ1v) is 7.41. The Labute approximate surface area is 129 Å². The number of hydrogen-bond donors (Lipinski definition) is 2. The van der Waals surface area contributed by atoms with Gasteiger partial charge in [0.2, 0.25) is 0 Å². The van der Waals surface area contributed by atoms with Crippen molar-refractivity contribution in [1.82, 2.24) is 15.0 Å². The second kappa shape index (κ2) is 5.64. The predicted octanol–water partition coefficient (Wildman–Crippen LogP) is 3.79. The van der Waals surface area contributed by atoms with E-state index in [0.717, 1.165) is 47.5 Å². The summed E-state index contributed by atoms with van der Waals surface area (Å²) in [5.41, 5.74) is 4.86. The molecule has 2 N–H and O–H groups in total. The number of aromatic amines is 2. The van der Waals surface area contributed by atoms with Crippen LogP contribution in [-0.2, 0) is 6.42 Å². The topological polar surface area (TPSA) is 61.5 Å². The molecule has 2 aromatic heterocycles. The zero-order chi connectivity index (χ0) is 15.7. The average molecular weight is 293 g/mol. The maximum absolute atomic E-state index is 12.4. The Morgan fingerprint density at radius 2 is 2.23 bits per heavy atom. The minimum Gasteiger partial charge on any atom is -0.338 e. The molecule has 0 fully saturated rings. The Morgan fingerprint density at radius 3 is 2.91 bits per heavy atom. The normalized spacial score (nSPS) is 13.5. The zero-order valence-corrected chi connectivity index (χ0v) is 12.7. The standard InChI is InChI=1S/C18H19N3O/c1-4-14-16(11(2)3)21-17(19-14)13-10-12-8-6-5-7-9-15(12)20-18(13)22/h4,7,9-10H,1-2,5-6,8H2,3H3,(H,19,21)(H,20,22). The summed E-state index contributed by atoms with van der Waals surface area (Å²) in [6.07, 6.45) is 8.86. The Morgan fingerprint density at radius 1 is 1.41 bits per heavy atom. The van der Waals surface area contributed by atoms with E-state index in [0.29, 0.717) is 11.4 Å². The van der Waals surface area contributed by atoms with Crippen LogP contribution in [0.4, 0.5) is 0 Å². The van der Waals surface area contributed by atoms with E-state index in [4.69, 9.17) is 0 Å². The van der Waals surface area contributed by atoms with Gasteiger partial charge < -0.3 is 9.97 Å². The van der Waals surface area contributed by atoms with Crippen LogP contribution in [0.25, 0.3) is 29.1 Å². The summed E-state index contributed by atoms with van der Waals surface area (Å²) in [5, 5.41) is 0. The maximum Gasteiger partial charge on any atom is 0.259 e. The molecule has 0 unspecified atom stereocenters. The molecule has 2 aromatic rings. The second-order valence-corrected chi connectivity index (χ2v) is 5.58. The highest BCUT2D eigenvalue weighted by atomic mass is 16.1. The quantitative estimate of drug-likeness (QED) is 0.904. The summed E-state index contributed by atoms with van der Waals surface area (Å²) < 4.78 is 0. The lowest BCUT2D eigenvalue weighted by atomic mass is 10.1. The van der Waals surface area contributed by atoms with E-state index in [1.54, 1.807) is 6.08 Å². The summed E-state index contributed by atoms with van der Waals surface area (Å²) in [5.74, 6) is 0.560. The monoisotopic (exact) mass is 293 g/mol. The van der Waals surface area contributed by atoms with E-state index >= 15 is 0 Å². The largest absolute Gasteiger partial charge is 0.338 e. The van der Waals surface area contributed by atoms with E-state index in [1.807, 2.05) is 19.1 Å². The summed E-state index contributed by atoms with van der Waals surface area (Å²) in [6, 6.07) is 1.94. The lowest BCUT2D eigenvalue weighted by molar-refractivity contribution is 0.847. The highest BCUT2D eigenvalue weighted by molar-refractivity contribution is 5.71. The van der Waals surface area contributed by atoms with Crippen molar-refractivity contribution in [3.8, 4) is 11.4 Å². The lowest BCUT2D eigenvalue weighted by Crippen LogP contribution is -2.13. The molecule has 0 amide bonds. The van der Waals surface area contributed by atoms with Gasteiger partial charge in [0, 0.05) is 5.69 Å². The summed E-state index contributed by atoms with van der Waals surface area (Å²) in [7, 11) is 0. The number of imidazole rings is 1. The molecule has 1 aliphatic carbocycles. The zero-order valence-electron chi connectivity index (χ0n) is 12.7. The van der Waals surface area contributed by atoms with Crippen molar-refractivity contribution in [3.63, 3.8) is 0 Å². The maximum atomic E-state index is 12.4. The van der Waals surface area contributed by atoms with E-state index in [9.17, 15) is 4.79 Å².